The predicted octanol–water partition coefficient (Wildman–Crippen LogP) is 4.28. The lowest BCUT2D eigenvalue weighted by Crippen LogP contribution is -2.40. The second kappa shape index (κ2) is 7.57. The minimum absolute atomic E-state index is 0.0351. The second-order valence-corrected chi connectivity index (χ2v) is 8.12. The Hall–Kier alpha value is -3.19. The van der Waals surface area contributed by atoms with Crippen molar-refractivity contribution in [1.82, 2.24) is 4.90 Å². The number of rotatable bonds is 4. The molecule has 0 unspecified atom stereocenters. The first kappa shape index (κ1) is 18.8. The van der Waals surface area contributed by atoms with Crippen LogP contribution in [0.3, 0.4) is 0 Å². The number of thiophene rings is 1. The highest BCUT2D eigenvalue weighted by Gasteiger charge is 2.35. The molecule has 0 saturated heterocycles. The van der Waals surface area contributed by atoms with E-state index in [1.54, 1.807) is 43.8 Å². The maximum absolute atomic E-state index is 13.6. The zero-order valence-corrected chi connectivity index (χ0v) is 17.5. The summed E-state index contributed by atoms with van der Waals surface area (Å²) >= 11 is 1.64. The zero-order valence-electron chi connectivity index (χ0n) is 16.7. The van der Waals surface area contributed by atoms with Gasteiger partial charge in [0.25, 0.3) is 5.91 Å². The molecule has 0 spiro atoms. The van der Waals surface area contributed by atoms with Gasteiger partial charge in [-0.15, -0.1) is 11.3 Å². The van der Waals surface area contributed by atoms with Crippen LogP contribution in [0.15, 0.2) is 47.8 Å². The molecule has 7 heteroatoms. The number of benzene rings is 2. The molecule has 0 radical (unpaired) electrons. The monoisotopic (exact) mass is 423 g/mol. The Kier molecular flexibility index (Phi) is 4.75. The van der Waals surface area contributed by atoms with Crippen molar-refractivity contribution in [2.75, 3.05) is 27.6 Å². The predicted molar refractivity (Wildman–Crippen MR) is 113 cm³/mol. The fourth-order valence-electron chi connectivity index (χ4n) is 4.11. The molecule has 0 bridgehead atoms. The Labute approximate surface area is 178 Å². The van der Waals surface area contributed by atoms with E-state index < -0.39 is 0 Å². The molecule has 0 N–H and O–H groups in total. The van der Waals surface area contributed by atoms with E-state index in [1.807, 2.05) is 28.5 Å². The Morgan fingerprint density at radius 2 is 1.87 bits per heavy atom. The second-order valence-electron chi connectivity index (χ2n) is 7.14. The van der Waals surface area contributed by atoms with Crippen molar-refractivity contribution in [3.8, 4) is 23.0 Å². The average Bonchev–Trinajstić information content (AvgIpc) is 3.48. The van der Waals surface area contributed by atoms with Crippen LogP contribution in [-0.4, -0.2) is 38.4 Å². The van der Waals surface area contributed by atoms with Crippen LogP contribution in [0.25, 0.3) is 0 Å². The van der Waals surface area contributed by atoms with Crippen molar-refractivity contribution in [2.45, 2.75) is 12.5 Å². The summed E-state index contributed by atoms with van der Waals surface area (Å²) in [4.78, 5) is 16.6. The molecule has 3 heterocycles. The molecule has 2 aliphatic heterocycles. The van der Waals surface area contributed by atoms with Gasteiger partial charge in [0.1, 0.15) is 0 Å². The van der Waals surface area contributed by atoms with Crippen LogP contribution in [0.2, 0.25) is 0 Å². The maximum atomic E-state index is 13.6. The van der Waals surface area contributed by atoms with Crippen molar-refractivity contribution in [3.63, 3.8) is 0 Å². The number of nitrogens with zero attached hydrogens (tertiary/aromatic N) is 1. The number of carbonyl (C=O) groups excluding carboxylic acids is 1. The molecule has 1 aromatic heterocycles. The summed E-state index contributed by atoms with van der Waals surface area (Å²) in [5.74, 6) is 2.61. The molecule has 0 aliphatic carbocycles. The van der Waals surface area contributed by atoms with E-state index in [2.05, 4.69) is 6.07 Å². The molecule has 1 amide bonds. The third kappa shape index (κ3) is 3.06. The van der Waals surface area contributed by atoms with E-state index in [4.69, 9.17) is 18.9 Å². The van der Waals surface area contributed by atoms with Crippen LogP contribution < -0.4 is 18.9 Å². The molecule has 1 atom stereocenters. The number of hydrogen-bond acceptors (Lipinski definition) is 6. The lowest BCUT2D eigenvalue weighted by atomic mass is 9.90. The molecule has 3 aromatic rings. The first-order valence-electron chi connectivity index (χ1n) is 9.68. The smallest absolute Gasteiger partial charge is 0.254 e. The quantitative estimate of drug-likeness (QED) is 0.627. The number of amides is 1. The van der Waals surface area contributed by atoms with Gasteiger partial charge in [0, 0.05) is 17.0 Å². The van der Waals surface area contributed by atoms with Crippen LogP contribution in [0.1, 0.15) is 32.4 Å². The van der Waals surface area contributed by atoms with Crippen LogP contribution in [-0.2, 0) is 6.42 Å². The third-order valence-electron chi connectivity index (χ3n) is 5.57. The topological polar surface area (TPSA) is 57.2 Å². The zero-order chi connectivity index (χ0) is 20.7. The highest BCUT2D eigenvalue weighted by Crippen LogP contribution is 2.43. The first-order chi connectivity index (χ1) is 14.7. The number of ether oxygens (including phenoxy) is 4. The van der Waals surface area contributed by atoms with Gasteiger partial charge in [-0.3, -0.25) is 4.79 Å². The van der Waals surface area contributed by atoms with E-state index in [0.717, 1.165) is 16.9 Å². The van der Waals surface area contributed by atoms with E-state index >= 15 is 0 Å². The first-order valence-corrected chi connectivity index (χ1v) is 10.6. The maximum Gasteiger partial charge on any atom is 0.254 e. The van der Waals surface area contributed by atoms with Crippen LogP contribution in [0, 0.1) is 0 Å². The van der Waals surface area contributed by atoms with Gasteiger partial charge in [-0.1, -0.05) is 6.07 Å². The fourth-order valence-corrected chi connectivity index (χ4v) is 4.97. The minimum Gasteiger partial charge on any atom is -0.493 e. The standard InChI is InChI=1S/C23H21NO5S/c1-26-18-10-14-7-8-24(23(25)15-5-6-17-20(11-15)29-13-28-17)22(21-4-3-9-30-21)16(14)12-19(18)27-2/h3-6,9-12,22H,7-8,13H2,1-2H3/t22-/m1/s1. The molecule has 30 heavy (non-hydrogen) atoms. The summed E-state index contributed by atoms with van der Waals surface area (Å²) in [6.45, 7) is 0.793. The molecule has 154 valence electrons. The number of methoxy groups -OCH3 is 2. The Bertz CT molecular complexity index is 1100. The summed E-state index contributed by atoms with van der Waals surface area (Å²) in [7, 11) is 3.27. The molecule has 2 aliphatic rings. The number of hydrogen-bond donors (Lipinski definition) is 0. The van der Waals surface area contributed by atoms with E-state index in [-0.39, 0.29) is 18.7 Å². The lowest BCUT2D eigenvalue weighted by molar-refractivity contribution is 0.0696. The van der Waals surface area contributed by atoms with Crippen molar-refractivity contribution < 1.29 is 23.7 Å². The minimum atomic E-state index is -0.188. The van der Waals surface area contributed by atoms with E-state index in [0.29, 0.717) is 35.1 Å². The van der Waals surface area contributed by atoms with Crippen LogP contribution in [0.5, 0.6) is 23.0 Å². The normalized spacial score (nSPS) is 16.9. The molecular weight excluding hydrogens is 402 g/mol. The van der Waals surface area contributed by atoms with Gasteiger partial charge >= 0.3 is 0 Å². The average molecular weight is 423 g/mol. The summed E-state index contributed by atoms with van der Waals surface area (Å²) in [5.41, 5.74) is 2.82. The third-order valence-corrected chi connectivity index (χ3v) is 6.49. The SMILES string of the molecule is COc1cc2c(cc1OC)[C@H](c1cccs1)N(C(=O)c1ccc3c(c1)OCO3)CC2. The Morgan fingerprint density at radius 3 is 2.63 bits per heavy atom. The largest absolute Gasteiger partial charge is 0.493 e. The van der Waals surface area contributed by atoms with Crippen molar-refractivity contribution >= 4 is 17.2 Å². The van der Waals surface area contributed by atoms with Gasteiger partial charge in [-0.25, -0.2) is 0 Å². The highest BCUT2D eigenvalue weighted by molar-refractivity contribution is 7.10. The van der Waals surface area contributed by atoms with Gasteiger partial charge in [-0.2, -0.15) is 0 Å². The summed E-state index contributed by atoms with van der Waals surface area (Å²) in [6, 6.07) is 13.3. The number of fused-ring (bicyclic) bond motifs is 2. The van der Waals surface area contributed by atoms with Crippen LogP contribution in [0.4, 0.5) is 0 Å². The Morgan fingerprint density at radius 1 is 1.07 bits per heavy atom. The fraction of sp³-hybridized carbons (Fsp3) is 0.261. The summed E-state index contributed by atoms with van der Waals surface area (Å²) in [6.07, 6.45) is 0.744. The molecule has 0 saturated carbocycles. The molecule has 5 rings (SSSR count). The van der Waals surface area contributed by atoms with Crippen molar-refractivity contribution in [1.29, 1.82) is 0 Å². The Balaban J connectivity index is 1.58. The van der Waals surface area contributed by atoms with Gasteiger partial charge in [0.15, 0.2) is 23.0 Å². The summed E-state index contributed by atoms with van der Waals surface area (Å²) in [5, 5.41) is 2.04. The molecule has 0 fully saturated rings. The molecular formula is C23H21NO5S. The van der Waals surface area contributed by atoms with E-state index in [9.17, 15) is 4.79 Å². The molecule has 2 aromatic carbocycles. The van der Waals surface area contributed by atoms with Gasteiger partial charge < -0.3 is 23.8 Å². The van der Waals surface area contributed by atoms with Crippen LogP contribution >= 0.6 is 11.3 Å². The highest BCUT2D eigenvalue weighted by atomic mass is 32.1. The molecule has 6 nitrogen and oxygen atoms in total. The van der Waals surface area contributed by atoms with Gasteiger partial charge in [0.05, 0.1) is 20.3 Å². The van der Waals surface area contributed by atoms with Crippen molar-refractivity contribution in [3.05, 3.63) is 69.4 Å². The van der Waals surface area contributed by atoms with Gasteiger partial charge in [-0.05, 0) is 59.3 Å². The van der Waals surface area contributed by atoms with E-state index in [1.165, 1.54) is 5.56 Å². The lowest BCUT2D eigenvalue weighted by Gasteiger charge is -2.37. The summed E-state index contributed by atoms with van der Waals surface area (Å²) < 4.78 is 21.9. The van der Waals surface area contributed by atoms with Crippen molar-refractivity contribution in [2.24, 2.45) is 0 Å². The van der Waals surface area contributed by atoms with Gasteiger partial charge in [0.2, 0.25) is 6.79 Å². The number of carbonyl (C=O) groups is 1.